The van der Waals surface area contributed by atoms with Gasteiger partial charge in [-0.3, -0.25) is 4.90 Å². The molecule has 18 heavy (non-hydrogen) atoms. The lowest BCUT2D eigenvalue weighted by atomic mass is 10.1. The average Bonchev–Trinajstić information content (AvgIpc) is 2.39. The minimum absolute atomic E-state index is 0.00167. The third-order valence-corrected chi connectivity index (χ3v) is 4.00. The molecule has 0 bridgehead atoms. The Kier molecular flexibility index (Phi) is 4.95. The number of nitrogens with zero attached hydrogens (tertiary/aromatic N) is 1. The van der Waals surface area contributed by atoms with Gasteiger partial charge in [0.1, 0.15) is 11.6 Å². The number of ether oxygens (including phenoxy) is 1. The second-order valence-electron chi connectivity index (χ2n) is 4.18. The Hall–Kier alpha value is -0.230. The number of rotatable bonds is 3. The lowest BCUT2D eigenvalue weighted by Crippen LogP contribution is -2.46. The normalized spacial score (nSPS) is 21.2. The summed E-state index contributed by atoms with van der Waals surface area (Å²) in [6, 6.07) is 2.63. The van der Waals surface area contributed by atoms with Crippen LogP contribution in [0.4, 0.5) is 8.78 Å². The molecular formula is C12H13BrClF2NO. The Bertz CT molecular complexity index is 433. The molecule has 1 fully saturated rings. The van der Waals surface area contributed by atoms with Crippen molar-refractivity contribution in [3.8, 4) is 0 Å². The highest BCUT2D eigenvalue weighted by Crippen LogP contribution is 2.24. The average molecular weight is 341 g/mol. The summed E-state index contributed by atoms with van der Waals surface area (Å²) < 4.78 is 33.1. The molecule has 1 aromatic rings. The van der Waals surface area contributed by atoms with Crippen LogP contribution in [0, 0.1) is 11.6 Å². The molecule has 2 nitrogen and oxygen atoms in total. The molecular weight excluding hydrogens is 327 g/mol. The Morgan fingerprint density at radius 1 is 1.44 bits per heavy atom. The van der Waals surface area contributed by atoms with E-state index in [0.29, 0.717) is 25.6 Å². The second kappa shape index (κ2) is 6.28. The molecule has 1 saturated heterocycles. The van der Waals surface area contributed by atoms with Gasteiger partial charge in [0.2, 0.25) is 0 Å². The molecule has 0 saturated carbocycles. The summed E-state index contributed by atoms with van der Waals surface area (Å²) in [5, 5.41) is 0. The van der Waals surface area contributed by atoms with Crippen LogP contribution in [0.1, 0.15) is 5.56 Å². The molecule has 1 aliphatic heterocycles. The summed E-state index contributed by atoms with van der Waals surface area (Å²) in [7, 11) is 0. The van der Waals surface area contributed by atoms with Crippen molar-refractivity contribution in [1.29, 1.82) is 0 Å². The quantitative estimate of drug-likeness (QED) is 0.619. The van der Waals surface area contributed by atoms with Crippen LogP contribution in [0.15, 0.2) is 16.6 Å². The van der Waals surface area contributed by atoms with Crippen LogP contribution >= 0.6 is 27.5 Å². The Morgan fingerprint density at radius 2 is 2.22 bits per heavy atom. The summed E-state index contributed by atoms with van der Waals surface area (Å²) in [5.41, 5.74) is 0.0707. The van der Waals surface area contributed by atoms with E-state index >= 15 is 0 Å². The molecule has 0 spiro atoms. The lowest BCUT2D eigenvalue weighted by molar-refractivity contribution is -0.00396. The van der Waals surface area contributed by atoms with E-state index in [1.54, 1.807) is 0 Å². The number of morpholine rings is 1. The van der Waals surface area contributed by atoms with Gasteiger partial charge in [-0.25, -0.2) is 8.78 Å². The Balaban J connectivity index is 2.20. The van der Waals surface area contributed by atoms with Gasteiger partial charge in [0.15, 0.2) is 0 Å². The van der Waals surface area contributed by atoms with Crippen molar-refractivity contribution in [3.05, 3.63) is 33.8 Å². The second-order valence-corrected chi connectivity index (χ2v) is 5.34. The van der Waals surface area contributed by atoms with E-state index in [1.807, 2.05) is 4.90 Å². The smallest absolute Gasteiger partial charge is 0.144 e. The van der Waals surface area contributed by atoms with Gasteiger partial charge in [-0.1, -0.05) is 0 Å². The van der Waals surface area contributed by atoms with Gasteiger partial charge in [0.05, 0.1) is 17.7 Å². The molecule has 6 heteroatoms. The maximum Gasteiger partial charge on any atom is 0.144 e. The standard InChI is InChI=1S/C12H13BrClF2NO/c13-10-1-2-11(15)9(12(10)16)6-17-3-4-18-7-8(17)5-14/h1-2,8H,3-7H2. The number of benzene rings is 1. The van der Waals surface area contributed by atoms with Crippen molar-refractivity contribution in [1.82, 2.24) is 4.90 Å². The van der Waals surface area contributed by atoms with Gasteiger partial charge in [0, 0.05) is 30.6 Å². The maximum atomic E-state index is 13.9. The molecule has 1 aliphatic rings. The minimum atomic E-state index is -0.546. The van der Waals surface area contributed by atoms with E-state index in [1.165, 1.54) is 12.1 Å². The number of alkyl halides is 1. The van der Waals surface area contributed by atoms with Crippen molar-refractivity contribution in [2.45, 2.75) is 12.6 Å². The Labute approximate surface area is 118 Å². The van der Waals surface area contributed by atoms with Crippen molar-refractivity contribution in [3.63, 3.8) is 0 Å². The summed E-state index contributed by atoms with van der Waals surface area (Å²) in [5.74, 6) is -0.692. The molecule has 2 rings (SSSR count). The first-order chi connectivity index (χ1) is 8.63. The van der Waals surface area contributed by atoms with Crippen LogP contribution in [0.5, 0.6) is 0 Å². The predicted octanol–water partition coefficient (Wildman–Crippen LogP) is 3.17. The van der Waals surface area contributed by atoms with E-state index in [-0.39, 0.29) is 22.6 Å². The van der Waals surface area contributed by atoms with E-state index in [2.05, 4.69) is 15.9 Å². The fourth-order valence-electron chi connectivity index (χ4n) is 1.96. The van der Waals surface area contributed by atoms with E-state index in [0.717, 1.165) is 0 Å². The minimum Gasteiger partial charge on any atom is -0.378 e. The lowest BCUT2D eigenvalue weighted by Gasteiger charge is -2.34. The van der Waals surface area contributed by atoms with Crippen molar-refractivity contribution < 1.29 is 13.5 Å². The summed E-state index contributed by atoms with van der Waals surface area (Å²) in [6.45, 7) is 1.89. The van der Waals surface area contributed by atoms with Gasteiger partial charge in [-0.15, -0.1) is 11.6 Å². The third kappa shape index (κ3) is 3.02. The van der Waals surface area contributed by atoms with Crippen LogP contribution in [-0.2, 0) is 11.3 Å². The van der Waals surface area contributed by atoms with E-state index < -0.39 is 11.6 Å². The zero-order valence-electron chi connectivity index (χ0n) is 9.63. The SMILES string of the molecule is Fc1ccc(Br)c(F)c1CN1CCOCC1CCl. The molecule has 0 radical (unpaired) electrons. The fraction of sp³-hybridized carbons (Fsp3) is 0.500. The molecule has 0 amide bonds. The highest BCUT2D eigenvalue weighted by molar-refractivity contribution is 9.10. The highest BCUT2D eigenvalue weighted by Gasteiger charge is 2.24. The van der Waals surface area contributed by atoms with Crippen molar-refractivity contribution >= 4 is 27.5 Å². The topological polar surface area (TPSA) is 12.5 Å². The van der Waals surface area contributed by atoms with Gasteiger partial charge in [0.25, 0.3) is 0 Å². The Morgan fingerprint density at radius 3 is 2.94 bits per heavy atom. The monoisotopic (exact) mass is 339 g/mol. The van der Waals surface area contributed by atoms with Crippen LogP contribution in [0.3, 0.4) is 0 Å². The predicted molar refractivity (Wildman–Crippen MR) is 69.8 cm³/mol. The van der Waals surface area contributed by atoms with Crippen molar-refractivity contribution in [2.75, 3.05) is 25.6 Å². The van der Waals surface area contributed by atoms with Crippen LogP contribution in [-0.4, -0.2) is 36.6 Å². The fourth-order valence-corrected chi connectivity index (χ4v) is 2.61. The van der Waals surface area contributed by atoms with Gasteiger partial charge in [-0.2, -0.15) is 0 Å². The maximum absolute atomic E-state index is 13.9. The number of hydrogen-bond donors (Lipinski definition) is 0. The van der Waals surface area contributed by atoms with Gasteiger partial charge >= 0.3 is 0 Å². The number of hydrogen-bond acceptors (Lipinski definition) is 2. The van der Waals surface area contributed by atoms with E-state index in [4.69, 9.17) is 16.3 Å². The van der Waals surface area contributed by atoms with E-state index in [9.17, 15) is 8.78 Å². The molecule has 1 atom stereocenters. The first-order valence-electron chi connectivity index (χ1n) is 5.63. The first-order valence-corrected chi connectivity index (χ1v) is 6.96. The molecule has 1 heterocycles. The first kappa shape index (κ1) is 14.2. The summed E-state index contributed by atoms with van der Waals surface area (Å²) in [6.07, 6.45) is 0. The molecule has 0 aromatic heterocycles. The molecule has 100 valence electrons. The molecule has 0 aliphatic carbocycles. The zero-order chi connectivity index (χ0) is 13.1. The molecule has 0 N–H and O–H groups in total. The highest BCUT2D eigenvalue weighted by atomic mass is 79.9. The molecule has 1 aromatic carbocycles. The van der Waals surface area contributed by atoms with Crippen LogP contribution in [0.25, 0.3) is 0 Å². The summed E-state index contributed by atoms with van der Waals surface area (Å²) >= 11 is 8.90. The molecule has 1 unspecified atom stereocenters. The summed E-state index contributed by atoms with van der Waals surface area (Å²) in [4.78, 5) is 1.95. The van der Waals surface area contributed by atoms with Gasteiger partial charge < -0.3 is 4.74 Å². The van der Waals surface area contributed by atoms with Crippen molar-refractivity contribution in [2.24, 2.45) is 0 Å². The third-order valence-electron chi connectivity index (χ3n) is 3.03. The van der Waals surface area contributed by atoms with Crippen LogP contribution < -0.4 is 0 Å². The largest absolute Gasteiger partial charge is 0.378 e. The van der Waals surface area contributed by atoms with Crippen LogP contribution in [0.2, 0.25) is 0 Å². The zero-order valence-corrected chi connectivity index (χ0v) is 12.0. The number of halogens is 4. The van der Waals surface area contributed by atoms with Gasteiger partial charge in [-0.05, 0) is 28.1 Å².